The molecule has 11 nitrogen and oxygen atoms in total. The number of carbonyl (C=O) groups excluding carboxylic acids is 3. The number of para-hydroxylation sites is 4. The Bertz CT molecular complexity index is 1820. The average molecular weight is 620 g/mol. The molecule has 0 aliphatic carbocycles. The van der Waals surface area contributed by atoms with Gasteiger partial charge in [0.05, 0.1) is 52.5 Å². The molecule has 2 N–H and O–H groups in total. The highest BCUT2D eigenvalue weighted by atomic mass is 16.5. The highest BCUT2D eigenvalue weighted by Crippen LogP contribution is 2.38. The zero-order valence-corrected chi connectivity index (χ0v) is 26.1. The van der Waals surface area contributed by atoms with Crippen molar-refractivity contribution in [3.05, 3.63) is 84.1 Å². The molecule has 3 aromatic carbocycles. The zero-order chi connectivity index (χ0) is 32.4. The van der Waals surface area contributed by atoms with E-state index in [9.17, 15) is 19.6 Å². The van der Waals surface area contributed by atoms with Crippen molar-refractivity contribution in [2.75, 3.05) is 30.1 Å². The monoisotopic (exact) mass is 619 g/mol. The number of anilines is 2. The van der Waals surface area contributed by atoms with Gasteiger partial charge in [0.1, 0.15) is 12.1 Å². The summed E-state index contributed by atoms with van der Waals surface area (Å²) in [7, 11) is 1.68. The number of nitriles is 1. The Hall–Kier alpha value is -5.05. The van der Waals surface area contributed by atoms with Crippen molar-refractivity contribution >= 4 is 40.0 Å². The van der Waals surface area contributed by atoms with E-state index in [0.29, 0.717) is 54.4 Å². The molecule has 6 rings (SSSR count). The van der Waals surface area contributed by atoms with Crippen LogP contribution < -0.4 is 20.4 Å². The van der Waals surface area contributed by atoms with Crippen molar-refractivity contribution in [3.8, 4) is 11.8 Å². The second kappa shape index (κ2) is 13.1. The maximum atomic E-state index is 14.7. The summed E-state index contributed by atoms with van der Waals surface area (Å²) >= 11 is 0. The number of likely N-dealkylation sites (N-methyl/N-ethyl adjacent to an activating group) is 1. The van der Waals surface area contributed by atoms with E-state index in [1.165, 1.54) is 0 Å². The molecule has 46 heavy (non-hydrogen) atoms. The van der Waals surface area contributed by atoms with Gasteiger partial charge in [0.2, 0.25) is 11.8 Å². The largest absolute Gasteiger partial charge is 0.381 e. The number of benzene rings is 3. The smallest absolute Gasteiger partial charge is 0.252 e. The number of nitrogens with one attached hydrogen (secondary N) is 2. The van der Waals surface area contributed by atoms with Crippen molar-refractivity contribution in [3.63, 3.8) is 0 Å². The lowest BCUT2D eigenvalue weighted by molar-refractivity contribution is -0.130. The van der Waals surface area contributed by atoms with Gasteiger partial charge in [-0.25, -0.2) is 4.68 Å². The maximum Gasteiger partial charge on any atom is 0.252 e. The van der Waals surface area contributed by atoms with Crippen LogP contribution in [0.2, 0.25) is 0 Å². The Morgan fingerprint density at radius 3 is 2.37 bits per heavy atom. The third-order valence-corrected chi connectivity index (χ3v) is 9.01. The topological polar surface area (TPSA) is 133 Å². The maximum absolute atomic E-state index is 14.7. The Labute approximate surface area is 267 Å². The third kappa shape index (κ3) is 5.62. The van der Waals surface area contributed by atoms with E-state index in [2.05, 4.69) is 16.7 Å². The van der Waals surface area contributed by atoms with Crippen molar-refractivity contribution in [1.82, 2.24) is 20.4 Å². The van der Waals surface area contributed by atoms with E-state index in [0.717, 1.165) is 10.9 Å². The molecule has 0 bridgehead atoms. The summed E-state index contributed by atoms with van der Waals surface area (Å²) in [5.41, 5.74) is 3.63. The molecule has 0 saturated carbocycles. The van der Waals surface area contributed by atoms with Crippen molar-refractivity contribution < 1.29 is 19.1 Å². The Balaban J connectivity index is 1.48. The molecule has 2 aliphatic heterocycles. The van der Waals surface area contributed by atoms with Gasteiger partial charge in [0.15, 0.2) is 0 Å². The Kier molecular flexibility index (Phi) is 8.83. The van der Waals surface area contributed by atoms with E-state index in [1.807, 2.05) is 67.6 Å². The predicted molar refractivity (Wildman–Crippen MR) is 174 cm³/mol. The fraction of sp³-hybridized carbons (Fsp3) is 0.343. The van der Waals surface area contributed by atoms with E-state index < -0.39 is 18.1 Å². The van der Waals surface area contributed by atoms with Crippen LogP contribution in [0.3, 0.4) is 0 Å². The minimum Gasteiger partial charge on any atom is -0.381 e. The van der Waals surface area contributed by atoms with Crippen LogP contribution in [-0.2, 0) is 25.7 Å². The fourth-order valence-electron chi connectivity index (χ4n) is 6.31. The molecule has 3 amide bonds. The van der Waals surface area contributed by atoms with Gasteiger partial charge in [-0.3, -0.25) is 14.4 Å². The zero-order valence-electron chi connectivity index (χ0n) is 26.1. The van der Waals surface area contributed by atoms with Crippen LogP contribution in [-0.4, -0.2) is 65.9 Å². The van der Waals surface area contributed by atoms with Gasteiger partial charge in [0.25, 0.3) is 5.91 Å². The van der Waals surface area contributed by atoms with Gasteiger partial charge in [-0.2, -0.15) is 10.4 Å². The number of fused-ring (bicyclic) bond motifs is 2. The van der Waals surface area contributed by atoms with Gasteiger partial charge >= 0.3 is 0 Å². The molecule has 1 saturated heterocycles. The molecular weight excluding hydrogens is 582 g/mol. The molecule has 0 spiro atoms. The van der Waals surface area contributed by atoms with Gasteiger partial charge in [-0.1, -0.05) is 42.5 Å². The second-order valence-electron chi connectivity index (χ2n) is 11.7. The molecule has 1 fully saturated rings. The summed E-state index contributed by atoms with van der Waals surface area (Å²) in [4.78, 5) is 45.5. The molecule has 3 heterocycles. The lowest BCUT2D eigenvalue weighted by Gasteiger charge is -2.35. The summed E-state index contributed by atoms with van der Waals surface area (Å²) in [5.74, 6) is -1.06. The normalized spacial score (nSPS) is 19.3. The van der Waals surface area contributed by atoms with E-state index >= 15 is 0 Å². The third-order valence-electron chi connectivity index (χ3n) is 9.01. The number of ether oxygens (including phenoxy) is 1. The summed E-state index contributed by atoms with van der Waals surface area (Å²) in [6.45, 7) is 4.59. The van der Waals surface area contributed by atoms with Crippen LogP contribution in [0, 0.1) is 17.2 Å². The molecule has 11 heteroatoms. The Morgan fingerprint density at radius 2 is 1.65 bits per heavy atom. The minimum absolute atomic E-state index is 0.0675. The van der Waals surface area contributed by atoms with Gasteiger partial charge in [-0.15, -0.1) is 0 Å². The Morgan fingerprint density at radius 1 is 1.00 bits per heavy atom. The highest BCUT2D eigenvalue weighted by molar-refractivity contribution is 6.09. The number of rotatable bonds is 7. The number of amides is 3. The van der Waals surface area contributed by atoms with Gasteiger partial charge in [-0.05, 0) is 64.1 Å². The first-order valence-corrected chi connectivity index (χ1v) is 15.6. The first kappa shape index (κ1) is 31.0. The van der Waals surface area contributed by atoms with Crippen molar-refractivity contribution in [2.24, 2.45) is 5.92 Å². The minimum atomic E-state index is -1.04. The van der Waals surface area contributed by atoms with Crippen molar-refractivity contribution in [2.45, 2.75) is 51.4 Å². The van der Waals surface area contributed by atoms with Gasteiger partial charge < -0.3 is 25.2 Å². The number of hydrogen-bond acceptors (Lipinski definition) is 7. The lowest BCUT2D eigenvalue weighted by atomic mass is 9.96. The van der Waals surface area contributed by atoms with Crippen LogP contribution in [0.4, 0.5) is 11.4 Å². The number of hydrogen-bond donors (Lipinski definition) is 2. The summed E-state index contributed by atoms with van der Waals surface area (Å²) in [5, 5.41) is 21.5. The molecule has 236 valence electrons. The molecule has 0 radical (unpaired) electrons. The first-order valence-electron chi connectivity index (χ1n) is 15.6. The van der Waals surface area contributed by atoms with E-state index in [-0.39, 0.29) is 30.2 Å². The lowest BCUT2D eigenvalue weighted by Crippen LogP contribution is -2.60. The van der Waals surface area contributed by atoms with Crippen LogP contribution >= 0.6 is 0 Å². The van der Waals surface area contributed by atoms with Crippen LogP contribution in [0.15, 0.2) is 72.8 Å². The standard InChI is InChI=1S/C35H37N7O4/c1-22(37-3)33(43)38-32-23(2)41(34(44)24-16-18-46-19-17-24)31-15-9-8-14-30(31)40(35(32)45)21-27-26-11-5-7-13-29(26)42(39-27)28-12-6-4-10-25(28)20-36/h4-15,22-24,32,37H,16-19,21H2,1-3H3,(H,38,43)/t22?,23-,32-/m0/s1. The second-order valence-corrected chi connectivity index (χ2v) is 11.7. The predicted octanol–water partition coefficient (Wildman–Crippen LogP) is 3.68. The summed E-state index contributed by atoms with van der Waals surface area (Å²) in [6.07, 6.45) is 1.17. The first-order chi connectivity index (χ1) is 22.3. The summed E-state index contributed by atoms with van der Waals surface area (Å²) in [6, 6.07) is 22.3. The van der Waals surface area contributed by atoms with E-state index in [4.69, 9.17) is 9.84 Å². The molecule has 3 atom stereocenters. The summed E-state index contributed by atoms with van der Waals surface area (Å²) < 4.78 is 7.26. The fourth-order valence-corrected chi connectivity index (χ4v) is 6.31. The molecule has 2 aliphatic rings. The van der Waals surface area contributed by atoms with Crippen molar-refractivity contribution in [1.29, 1.82) is 5.26 Å². The van der Waals surface area contributed by atoms with Crippen LogP contribution in [0.5, 0.6) is 0 Å². The van der Waals surface area contributed by atoms with Gasteiger partial charge in [0, 0.05) is 24.5 Å². The van der Waals surface area contributed by atoms with E-state index in [1.54, 1.807) is 40.6 Å². The van der Waals surface area contributed by atoms with Crippen LogP contribution in [0.25, 0.3) is 16.6 Å². The molecular formula is C35H37N7O4. The number of nitrogens with zero attached hydrogens (tertiary/aromatic N) is 5. The quantitative estimate of drug-likeness (QED) is 0.323. The highest BCUT2D eigenvalue weighted by Gasteiger charge is 2.44. The molecule has 1 aromatic heterocycles. The average Bonchev–Trinajstić information content (AvgIpc) is 3.43. The number of aromatic nitrogens is 2. The number of carbonyl (C=O) groups is 3. The molecule has 1 unspecified atom stereocenters. The SMILES string of the molecule is CNC(C)C(=O)N[C@@H]1C(=O)N(Cc2nn(-c3ccccc3C#N)c3ccccc23)c2ccccc2N(C(=O)C2CCOCC2)[C@H]1C. The van der Waals surface area contributed by atoms with Crippen LogP contribution in [0.1, 0.15) is 37.9 Å². The molecule has 4 aromatic rings.